The van der Waals surface area contributed by atoms with Gasteiger partial charge in [-0.1, -0.05) is 78.9 Å². The maximum absolute atomic E-state index is 13.6. The van der Waals surface area contributed by atoms with Gasteiger partial charge in [0.1, 0.15) is 5.82 Å². The van der Waals surface area contributed by atoms with E-state index in [4.69, 9.17) is 4.99 Å². The van der Waals surface area contributed by atoms with Crippen molar-refractivity contribution in [1.82, 2.24) is 0 Å². The third-order valence-corrected chi connectivity index (χ3v) is 5.28. The molecule has 1 N–H and O–H groups in total. The molecule has 0 unspecified atom stereocenters. The van der Waals surface area contributed by atoms with Crippen molar-refractivity contribution in [3.63, 3.8) is 0 Å². The number of anilines is 1. The highest BCUT2D eigenvalue weighted by Gasteiger charge is 2.38. The molecule has 3 heteroatoms. The van der Waals surface area contributed by atoms with Crippen LogP contribution in [-0.2, 0) is 5.66 Å². The highest BCUT2D eigenvalue weighted by atomic mass is 19.1. The van der Waals surface area contributed by atoms with E-state index in [-0.39, 0.29) is 5.82 Å². The van der Waals surface area contributed by atoms with Crippen LogP contribution >= 0.6 is 0 Å². The predicted octanol–water partition coefficient (Wildman–Crippen LogP) is 5.99. The summed E-state index contributed by atoms with van der Waals surface area (Å²) in [7, 11) is 0. The Bertz CT molecular complexity index is 1130. The zero-order valence-electron chi connectivity index (χ0n) is 15.7. The van der Waals surface area contributed by atoms with E-state index in [1.807, 2.05) is 54.6 Å². The zero-order chi connectivity index (χ0) is 19.7. The number of hydrogen-bond donors (Lipinski definition) is 1. The second-order valence-corrected chi connectivity index (χ2v) is 7.08. The second kappa shape index (κ2) is 7.02. The van der Waals surface area contributed by atoms with Gasteiger partial charge in [0.15, 0.2) is 5.66 Å². The fourth-order valence-corrected chi connectivity index (χ4v) is 3.88. The van der Waals surface area contributed by atoms with Crippen LogP contribution in [0.2, 0.25) is 0 Å². The topological polar surface area (TPSA) is 24.4 Å². The first-order chi connectivity index (χ1) is 14.3. The number of fused-ring (bicyclic) bond motifs is 1. The summed E-state index contributed by atoms with van der Waals surface area (Å²) < 4.78 is 13.6. The number of halogens is 1. The SMILES string of the molecule is Fc1ccc(C2=NC(c3ccccc3)(c3ccccc3)Nc3ccccc32)cc1. The number of rotatable bonds is 3. The van der Waals surface area contributed by atoms with E-state index >= 15 is 0 Å². The first-order valence-electron chi connectivity index (χ1n) is 9.61. The van der Waals surface area contributed by atoms with E-state index in [2.05, 4.69) is 35.6 Å². The van der Waals surface area contributed by atoms with Gasteiger partial charge in [-0.3, -0.25) is 0 Å². The third-order valence-electron chi connectivity index (χ3n) is 5.28. The van der Waals surface area contributed by atoms with Gasteiger partial charge in [0.25, 0.3) is 0 Å². The summed E-state index contributed by atoms with van der Waals surface area (Å²) in [4.78, 5) is 5.28. The van der Waals surface area contributed by atoms with Gasteiger partial charge < -0.3 is 5.32 Å². The van der Waals surface area contributed by atoms with Crippen LogP contribution < -0.4 is 5.32 Å². The predicted molar refractivity (Wildman–Crippen MR) is 116 cm³/mol. The lowest BCUT2D eigenvalue weighted by Crippen LogP contribution is -2.39. The molecule has 0 radical (unpaired) electrons. The van der Waals surface area contributed by atoms with Crippen LogP contribution in [0, 0.1) is 5.82 Å². The summed E-state index contributed by atoms with van der Waals surface area (Å²) in [6.45, 7) is 0. The van der Waals surface area contributed by atoms with Gasteiger partial charge in [0.2, 0.25) is 0 Å². The Morgan fingerprint density at radius 3 is 1.79 bits per heavy atom. The molecular formula is C26H19FN2. The zero-order valence-corrected chi connectivity index (χ0v) is 15.7. The molecule has 0 fully saturated rings. The Balaban J connectivity index is 1.82. The molecular weight excluding hydrogens is 359 g/mol. The van der Waals surface area contributed by atoms with Gasteiger partial charge in [0, 0.05) is 27.9 Å². The van der Waals surface area contributed by atoms with Crippen LogP contribution in [0.3, 0.4) is 0 Å². The lowest BCUT2D eigenvalue weighted by atomic mass is 9.87. The second-order valence-electron chi connectivity index (χ2n) is 7.08. The maximum atomic E-state index is 13.6. The number of aliphatic imine (C=N–C) groups is 1. The average molecular weight is 378 g/mol. The van der Waals surface area contributed by atoms with E-state index in [1.165, 1.54) is 12.1 Å². The minimum absolute atomic E-state index is 0.256. The summed E-state index contributed by atoms with van der Waals surface area (Å²) in [6.07, 6.45) is 0. The molecule has 29 heavy (non-hydrogen) atoms. The molecule has 5 rings (SSSR count). The quantitative estimate of drug-likeness (QED) is 0.465. The summed E-state index contributed by atoms with van der Waals surface area (Å²) in [5.41, 5.74) is 5.03. The molecule has 0 aliphatic carbocycles. The van der Waals surface area contributed by atoms with E-state index in [0.29, 0.717) is 0 Å². The largest absolute Gasteiger partial charge is 0.353 e. The standard InChI is InChI=1S/C26H19FN2/c27-22-17-15-19(16-18-22)25-23-13-7-8-14-24(23)28-26(29-25,20-9-3-1-4-10-20)21-11-5-2-6-12-21/h1-18,28H. The minimum atomic E-state index is -0.777. The molecule has 1 heterocycles. The minimum Gasteiger partial charge on any atom is -0.353 e. The Labute approximate surface area is 169 Å². The molecule has 2 nitrogen and oxygen atoms in total. The monoisotopic (exact) mass is 378 g/mol. The molecule has 0 spiro atoms. The van der Waals surface area contributed by atoms with Gasteiger partial charge in [-0.2, -0.15) is 0 Å². The van der Waals surface area contributed by atoms with Crippen LogP contribution in [0.1, 0.15) is 22.3 Å². The summed E-state index contributed by atoms with van der Waals surface area (Å²) in [6, 6.07) is 35.1. The van der Waals surface area contributed by atoms with Crippen molar-refractivity contribution in [1.29, 1.82) is 0 Å². The van der Waals surface area contributed by atoms with Crippen LogP contribution in [0.15, 0.2) is 114 Å². The highest BCUT2D eigenvalue weighted by molar-refractivity contribution is 6.17. The number of para-hydroxylation sites is 1. The molecule has 0 atom stereocenters. The number of nitrogens with zero attached hydrogens (tertiary/aromatic N) is 1. The van der Waals surface area contributed by atoms with Gasteiger partial charge in [-0.25, -0.2) is 9.38 Å². The summed E-state index contributed by atoms with van der Waals surface area (Å²) in [5.74, 6) is -0.256. The molecule has 4 aromatic carbocycles. The van der Waals surface area contributed by atoms with E-state index < -0.39 is 5.66 Å². The molecule has 0 saturated carbocycles. The molecule has 4 aromatic rings. The summed E-state index contributed by atoms with van der Waals surface area (Å²) in [5, 5.41) is 3.69. The van der Waals surface area contributed by atoms with Crippen molar-refractivity contribution in [2.45, 2.75) is 5.66 Å². The van der Waals surface area contributed by atoms with Crippen LogP contribution in [0.25, 0.3) is 0 Å². The van der Waals surface area contributed by atoms with Crippen molar-refractivity contribution in [2.75, 3.05) is 5.32 Å². The van der Waals surface area contributed by atoms with E-state index in [0.717, 1.165) is 33.7 Å². The maximum Gasteiger partial charge on any atom is 0.182 e. The van der Waals surface area contributed by atoms with Gasteiger partial charge in [-0.15, -0.1) is 0 Å². The first kappa shape index (κ1) is 17.4. The Hall–Kier alpha value is -3.72. The fraction of sp³-hybridized carbons (Fsp3) is 0.0385. The van der Waals surface area contributed by atoms with Crippen LogP contribution in [0.5, 0.6) is 0 Å². The van der Waals surface area contributed by atoms with Crippen molar-refractivity contribution in [3.05, 3.63) is 137 Å². The smallest absolute Gasteiger partial charge is 0.182 e. The normalized spacial score (nSPS) is 14.4. The lowest BCUT2D eigenvalue weighted by Gasteiger charge is -2.38. The molecule has 1 aliphatic heterocycles. The molecule has 140 valence electrons. The highest BCUT2D eigenvalue weighted by Crippen LogP contribution is 2.41. The van der Waals surface area contributed by atoms with Gasteiger partial charge >= 0.3 is 0 Å². The Morgan fingerprint density at radius 2 is 1.17 bits per heavy atom. The molecule has 0 saturated heterocycles. The molecule has 1 aliphatic rings. The van der Waals surface area contributed by atoms with Crippen LogP contribution in [0.4, 0.5) is 10.1 Å². The van der Waals surface area contributed by atoms with E-state index in [9.17, 15) is 4.39 Å². The first-order valence-corrected chi connectivity index (χ1v) is 9.61. The van der Waals surface area contributed by atoms with Crippen LogP contribution in [-0.4, -0.2) is 5.71 Å². The van der Waals surface area contributed by atoms with Crippen molar-refractivity contribution in [3.8, 4) is 0 Å². The average Bonchev–Trinajstić information content (AvgIpc) is 2.80. The van der Waals surface area contributed by atoms with Gasteiger partial charge in [0.05, 0.1) is 5.71 Å². The van der Waals surface area contributed by atoms with Crippen molar-refractivity contribution in [2.24, 2.45) is 4.99 Å². The number of hydrogen-bond acceptors (Lipinski definition) is 2. The third kappa shape index (κ3) is 3.01. The molecule has 0 amide bonds. The Kier molecular flexibility index (Phi) is 4.21. The van der Waals surface area contributed by atoms with Crippen molar-refractivity contribution >= 4 is 11.4 Å². The Morgan fingerprint density at radius 1 is 0.621 bits per heavy atom. The van der Waals surface area contributed by atoms with Crippen molar-refractivity contribution < 1.29 is 4.39 Å². The summed E-state index contributed by atoms with van der Waals surface area (Å²) >= 11 is 0. The lowest BCUT2D eigenvalue weighted by molar-refractivity contribution is 0.619. The number of benzene rings is 4. The molecule has 0 bridgehead atoms. The number of nitrogens with one attached hydrogen (secondary N) is 1. The van der Waals surface area contributed by atoms with E-state index in [1.54, 1.807) is 12.1 Å². The van der Waals surface area contributed by atoms with Gasteiger partial charge in [-0.05, 0) is 30.3 Å². The molecule has 0 aromatic heterocycles. The fourth-order valence-electron chi connectivity index (χ4n) is 3.88.